The number of hydrogen-bond donors (Lipinski definition) is 1. The van der Waals surface area contributed by atoms with Gasteiger partial charge in [-0.1, -0.05) is 43.6 Å². The molecule has 6 nitrogen and oxygen atoms in total. The van der Waals surface area contributed by atoms with Gasteiger partial charge < -0.3 is 10.1 Å². The number of morpholine rings is 1. The zero-order valence-electron chi connectivity index (χ0n) is 17.7. The van der Waals surface area contributed by atoms with E-state index < -0.39 is 10.0 Å². The molecule has 1 fully saturated rings. The van der Waals surface area contributed by atoms with Crippen LogP contribution in [0, 0.1) is 0 Å². The van der Waals surface area contributed by atoms with Gasteiger partial charge >= 0.3 is 0 Å². The summed E-state index contributed by atoms with van der Waals surface area (Å²) in [5.41, 5.74) is 3.44. The predicted octanol–water partition coefficient (Wildman–Crippen LogP) is 4.14. The molecule has 0 bridgehead atoms. The van der Waals surface area contributed by atoms with E-state index in [2.05, 4.69) is 5.32 Å². The van der Waals surface area contributed by atoms with Crippen molar-refractivity contribution >= 4 is 39.3 Å². The fourth-order valence-corrected chi connectivity index (χ4v) is 5.19. The zero-order chi connectivity index (χ0) is 22.4. The number of carbonyl (C=O) groups excluding carboxylic acids is 1. The van der Waals surface area contributed by atoms with Gasteiger partial charge in [-0.2, -0.15) is 4.31 Å². The summed E-state index contributed by atoms with van der Waals surface area (Å²) in [4.78, 5) is 12.7. The largest absolute Gasteiger partial charge is 0.379 e. The monoisotopic (exact) mass is 462 g/mol. The molecule has 3 rings (SSSR count). The van der Waals surface area contributed by atoms with Crippen molar-refractivity contribution in [3.05, 3.63) is 64.2 Å². The van der Waals surface area contributed by atoms with Crippen molar-refractivity contribution in [3.8, 4) is 0 Å². The number of benzene rings is 2. The highest BCUT2D eigenvalue weighted by Gasteiger charge is 2.25. The summed E-state index contributed by atoms with van der Waals surface area (Å²) in [7, 11) is -3.53. The van der Waals surface area contributed by atoms with E-state index in [-0.39, 0.29) is 10.8 Å². The number of ether oxygens (including phenoxy) is 1. The van der Waals surface area contributed by atoms with Gasteiger partial charge in [0.2, 0.25) is 15.9 Å². The van der Waals surface area contributed by atoms with Gasteiger partial charge in [0.25, 0.3) is 0 Å². The van der Waals surface area contributed by atoms with E-state index in [0.717, 1.165) is 28.8 Å². The fourth-order valence-electron chi connectivity index (χ4n) is 3.49. The topological polar surface area (TPSA) is 75.7 Å². The van der Waals surface area contributed by atoms with Gasteiger partial charge in [-0.25, -0.2) is 8.42 Å². The lowest BCUT2D eigenvalue weighted by atomic mass is 10.0. The molecular weight excluding hydrogens is 436 g/mol. The van der Waals surface area contributed by atoms with Crippen molar-refractivity contribution in [2.24, 2.45) is 0 Å². The van der Waals surface area contributed by atoms with Crippen molar-refractivity contribution in [1.82, 2.24) is 4.31 Å². The number of halogens is 1. The lowest BCUT2D eigenvalue weighted by molar-refractivity contribution is -0.111. The number of carbonyl (C=O) groups is 1. The van der Waals surface area contributed by atoms with Crippen molar-refractivity contribution < 1.29 is 17.9 Å². The Bertz CT molecular complexity index is 1060. The van der Waals surface area contributed by atoms with Crippen LogP contribution in [0.5, 0.6) is 0 Å². The minimum absolute atomic E-state index is 0.232. The molecule has 31 heavy (non-hydrogen) atoms. The van der Waals surface area contributed by atoms with E-state index in [9.17, 15) is 13.2 Å². The second-order valence-corrected chi connectivity index (χ2v) is 9.52. The van der Waals surface area contributed by atoms with Gasteiger partial charge in [0.1, 0.15) is 0 Å². The Balaban J connectivity index is 1.71. The van der Waals surface area contributed by atoms with Crippen molar-refractivity contribution in [2.75, 3.05) is 31.6 Å². The van der Waals surface area contributed by atoms with E-state index in [1.165, 1.54) is 10.4 Å². The highest BCUT2D eigenvalue weighted by atomic mass is 35.5. The predicted molar refractivity (Wildman–Crippen MR) is 124 cm³/mol. The smallest absolute Gasteiger partial charge is 0.248 e. The summed E-state index contributed by atoms with van der Waals surface area (Å²) in [5.74, 6) is -0.267. The molecule has 0 spiro atoms. The van der Waals surface area contributed by atoms with E-state index in [1.54, 1.807) is 30.3 Å². The van der Waals surface area contributed by atoms with Crippen LogP contribution in [0.1, 0.15) is 30.5 Å². The standard InChI is InChI=1S/C23H27ClN2O4S/c1-3-18-8-11-21(24)20(4-2)23(18)25-22(27)12-7-17-5-9-19(10-6-17)31(28,29)26-13-15-30-16-14-26/h5-12H,3-4,13-16H2,1-2H3,(H,25,27). The Morgan fingerprint density at radius 3 is 2.39 bits per heavy atom. The third-order valence-electron chi connectivity index (χ3n) is 5.24. The highest BCUT2D eigenvalue weighted by molar-refractivity contribution is 7.89. The molecule has 1 amide bonds. The lowest BCUT2D eigenvalue weighted by Crippen LogP contribution is -2.40. The molecule has 1 heterocycles. The quantitative estimate of drug-likeness (QED) is 0.627. The van der Waals surface area contributed by atoms with E-state index in [4.69, 9.17) is 16.3 Å². The Morgan fingerprint density at radius 1 is 1.10 bits per heavy atom. The van der Waals surface area contributed by atoms with Crippen LogP contribution in [0.25, 0.3) is 6.08 Å². The van der Waals surface area contributed by atoms with Gasteiger partial charge in [0.15, 0.2) is 0 Å². The number of amides is 1. The summed E-state index contributed by atoms with van der Waals surface area (Å²) in [5, 5.41) is 3.58. The highest BCUT2D eigenvalue weighted by Crippen LogP contribution is 2.29. The number of hydrogen-bond acceptors (Lipinski definition) is 4. The third kappa shape index (κ3) is 5.54. The number of anilines is 1. The fraction of sp³-hybridized carbons (Fsp3) is 0.348. The first kappa shape index (κ1) is 23.5. The molecular formula is C23H27ClN2O4S. The van der Waals surface area contributed by atoms with Gasteiger partial charge in [-0.05, 0) is 53.8 Å². The van der Waals surface area contributed by atoms with Crippen LogP contribution >= 0.6 is 11.6 Å². The maximum Gasteiger partial charge on any atom is 0.248 e. The minimum atomic E-state index is -3.53. The molecule has 166 valence electrons. The molecule has 8 heteroatoms. The van der Waals surface area contributed by atoms with Crippen LogP contribution in [-0.4, -0.2) is 44.9 Å². The molecule has 0 radical (unpaired) electrons. The second-order valence-electron chi connectivity index (χ2n) is 7.18. The molecule has 1 aliphatic heterocycles. The normalized spacial score (nSPS) is 15.3. The third-order valence-corrected chi connectivity index (χ3v) is 7.51. The van der Waals surface area contributed by atoms with Crippen molar-refractivity contribution in [3.63, 3.8) is 0 Å². The molecule has 2 aromatic rings. The Morgan fingerprint density at radius 2 is 1.77 bits per heavy atom. The van der Waals surface area contributed by atoms with Crippen LogP contribution in [-0.2, 0) is 32.4 Å². The number of nitrogens with one attached hydrogen (secondary N) is 1. The van der Waals surface area contributed by atoms with Gasteiger partial charge in [0.05, 0.1) is 18.1 Å². The first-order valence-electron chi connectivity index (χ1n) is 10.3. The number of rotatable bonds is 7. The summed E-state index contributed by atoms with van der Waals surface area (Å²) in [6.45, 7) is 5.54. The van der Waals surface area contributed by atoms with Crippen LogP contribution in [0.15, 0.2) is 47.4 Å². The van der Waals surface area contributed by atoms with Crippen LogP contribution in [0.2, 0.25) is 5.02 Å². The van der Waals surface area contributed by atoms with Gasteiger partial charge in [-0.15, -0.1) is 0 Å². The molecule has 1 saturated heterocycles. The lowest BCUT2D eigenvalue weighted by Gasteiger charge is -2.26. The van der Waals surface area contributed by atoms with Gasteiger partial charge in [0, 0.05) is 29.9 Å². The van der Waals surface area contributed by atoms with Crippen molar-refractivity contribution in [1.29, 1.82) is 0 Å². The molecule has 0 aliphatic carbocycles. The van der Waals surface area contributed by atoms with Crippen LogP contribution in [0.4, 0.5) is 5.69 Å². The Labute approximate surface area is 188 Å². The summed E-state index contributed by atoms with van der Waals surface area (Å²) < 4.78 is 32.0. The average Bonchev–Trinajstić information content (AvgIpc) is 2.79. The number of sulfonamides is 1. The van der Waals surface area contributed by atoms with E-state index in [0.29, 0.717) is 37.7 Å². The van der Waals surface area contributed by atoms with Crippen LogP contribution in [0.3, 0.4) is 0 Å². The average molecular weight is 463 g/mol. The maximum atomic E-state index is 12.7. The maximum absolute atomic E-state index is 12.7. The number of nitrogens with zero attached hydrogens (tertiary/aromatic N) is 1. The SMILES string of the molecule is CCc1ccc(Cl)c(CC)c1NC(=O)C=Cc1ccc(S(=O)(=O)N2CCOCC2)cc1. The Hall–Kier alpha value is -2.19. The molecule has 2 aromatic carbocycles. The minimum Gasteiger partial charge on any atom is -0.379 e. The second kappa shape index (κ2) is 10.4. The van der Waals surface area contributed by atoms with Crippen molar-refractivity contribution in [2.45, 2.75) is 31.6 Å². The first-order valence-corrected chi connectivity index (χ1v) is 12.2. The van der Waals surface area contributed by atoms with E-state index >= 15 is 0 Å². The molecule has 0 aromatic heterocycles. The van der Waals surface area contributed by atoms with Gasteiger partial charge in [-0.3, -0.25) is 4.79 Å². The molecule has 0 saturated carbocycles. The number of aryl methyl sites for hydroxylation is 1. The van der Waals surface area contributed by atoms with E-state index in [1.807, 2.05) is 26.0 Å². The molecule has 1 aliphatic rings. The molecule has 0 atom stereocenters. The summed E-state index contributed by atoms with van der Waals surface area (Å²) in [6, 6.07) is 10.3. The Kier molecular flexibility index (Phi) is 7.89. The molecule has 0 unspecified atom stereocenters. The summed E-state index contributed by atoms with van der Waals surface area (Å²) in [6.07, 6.45) is 4.58. The summed E-state index contributed by atoms with van der Waals surface area (Å²) >= 11 is 6.29. The zero-order valence-corrected chi connectivity index (χ0v) is 19.3. The molecule has 1 N–H and O–H groups in total. The van der Waals surface area contributed by atoms with Crippen LogP contribution < -0.4 is 5.32 Å². The first-order chi connectivity index (χ1) is 14.9.